The van der Waals surface area contributed by atoms with E-state index in [0.29, 0.717) is 24.7 Å². The molecule has 6 nitrogen and oxygen atoms in total. The summed E-state index contributed by atoms with van der Waals surface area (Å²) in [6, 6.07) is 6.34. The van der Waals surface area contributed by atoms with Crippen molar-refractivity contribution in [1.29, 1.82) is 0 Å². The minimum absolute atomic E-state index is 0.0360. The molecule has 2 atom stereocenters. The van der Waals surface area contributed by atoms with Crippen LogP contribution in [0, 0.1) is 0 Å². The number of hydrogen-bond donors (Lipinski definition) is 4. The molecule has 0 amide bonds. The molecular formula is C16H27NO5S. The predicted octanol–water partition coefficient (Wildman–Crippen LogP) is 1.60. The first-order valence-corrected chi connectivity index (χ1v) is 8.43. The van der Waals surface area contributed by atoms with Gasteiger partial charge < -0.3 is 29.7 Å². The molecule has 0 aliphatic rings. The van der Waals surface area contributed by atoms with Crippen LogP contribution >= 0.6 is 12.6 Å². The van der Waals surface area contributed by atoms with E-state index in [-0.39, 0.29) is 19.0 Å². The van der Waals surface area contributed by atoms with Crippen LogP contribution in [0.5, 0.6) is 5.75 Å². The molecule has 0 saturated heterocycles. The minimum atomic E-state index is -1.06. The van der Waals surface area contributed by atoms with Crippen molar-refractivity contribution in [2.45, 2.75) is 32.2 Å². The van der Waals surface area contributed by atoms with Gasteiger partial charge >= 0.3 is 0 Å². The maximum atomic E-state index is 10.4. The third kappa shape index (κ3) is 7.41. The van der Waals surface area contributed by atoms with E-state index in [1.807, 2.05) is 6.92 Å². The number of anilines is 1. The van der Waals surface area contributed by atoms with E-state index in [2.05, 4.69) is 12.6 Å². The lowest BCUT2D eigenvalue weighted by Gasteiger charge is -2.34. The van der Waals surface area contributed by atoms with E-state index < -0.39 is 12.5 Å². The molecule has 0 aliphatic carbocycles. The third-order valence-corrected chi connectivity index (χ3v) is 3.42. The number of rotatable bonds is 12. The normalized spacial score (nSPS) is 13.7. The molecule has 0 bridgehead atoms. The number of thiol groups is 1. The first kappa shape index (κ1) is 20.1. The predicted molar refractivity (Wildman–Crippen MR) is 93.0 cm³/mol. The van der Waals surface area contributed by atoms with Gasteiger partial charge in [-0.05, 0) is 30.7 Å². The first-order chi connectivity index (χ1) is 11.1. The van der Waals surface area contributed by atoms with Crippen molar-refractivity contribution in [3.8, 4) is 5.75 Å². The Morgan fingerprint density at radius 1 is 1.13 bits per heavy atom. The Kier molecular flexibility index (Phi) is 10.1. The van der Waals surface area contributed by atoms with Gasteiger partial charge in [0.25, 0.3) is 0 Å². The second-order valence-electron chi connectivity index (χ2n) is 5.12. The maximum Gasteiger partial charge on any atom is 0.152 e. The van der Waals surface area contributed by atoms with Gasteiger partial charge in [-0.25, -0.2) is 0 Å². The van der Waals surface area contributed by atoms with E-state index in [1.165, 1.54) is 17.0 Å². The largest absolute Gasteiger partial charge is 0.508 e. The Morgan fingerprint density at radius 2 is 1.78 bits per heavy atom. The average Bonchev–Trinajstić information content (AvgIpc) is 2.52. The molecule has 1 rings (SSSR count). The van der Waals surface area contributed by atoms with Crippen LogP contribution in [0.1, 0.15) is 19.8 Å². The Balaban J connectivity index is 2.74. The van der Waals surface area contributed by atoms with Gasteiger partial charge in [0.1, 0.15) is 5.75 Å². The Hall–Kier alpha value is -0.990. The molecule has 2 unspecified atom stereocenters. The molecule has 7 heteroatoms. The molecule has 1 aromatic rings. The van der Waals surface area contributed by atoms with E-state index >= 15 is 0 Å². The Bertz CT molecular complexity index is 435. The Morgan fingerprint density at radius 3 is 2.35 bits per heavy atom. The van der Waals surface area contributed by atoms with Crippen molar-refractivity contribution < 1.29 is 24.8 Å². The number of hydrogen-bond acceptors (Lipinski definition) is 7. The fourth-order valence-electron chi connectivity index (χ4n) is 2.05. The molecule has 0 spiro atoms. The highest BCUT2D eigenvalue weighted by molar-refractivity contribution is 7.80. The van der Waals surface area contributed by atoms with Crippen molar-refractivity contribution in [3.05, 3.63) is 24.3 Å². The van der Waals surface area contributed by atoms with Gasteiger partial charge in [-0.1, -0.05) is 13.0 Å². The monoisotopic (exact) mass is 345 g/mol. The zero-order chi connectivity index (χ0) is 17.1. The summed E-state index contributed by atoms with van der Waals surface area (Å²) < 4.78 is 10.7. The topological polar surface area (TPSA) is 82.4 Å². The molecule has 23 heavy (non-hydrogen) atoms. The quantitative estimate of drug-likeness (QED) is 0.262. The molecule has 0 aromatic heterocycles. The second-order valence-corrected chi connectivity index (χ2v) is 5.56. The van der Waals surface area contributed by atoms with Crippen LogP contribution in [0.25, 0.3) is 0 Å². The zero-order valence-electron chi connectivity index (χ0n) is 13.5. The summed E-state index contributed by atoms with van der Waals surface area (Å²) in [7, 11) is 0. The van der Waals surface area contributed by atoms with Crippen LogP contribution in [-0.4, -0.2) is 60.0 Å². The lowest BCUT2D eigenvalue weighted by molar-refractivity contribution is -0.0177. The van der Waals surface area contributed by atoms with Gasteiger partial charge in [0.2, 0.25) is 0 Å². The van der Waals surface area contributed by atoms with E-state index in [9.17, 15) is 15.3 Å². The number of ether oxygens (including phenoxy) is 2. The summed E-state index contributed by atoms with van der Waals surface area (Å²) in [6.45, 7) is 3.07. The third-order valence-electron chi connectivity index (χ3n) is 3.10. The molecular weight excluding hydrogens is 318 g/mol. The molecule has 0 heterocycles. The standard InChI is InChI=1S/C16H27NO5S/c1-2-7-21-11-15(19)17(13-5-3-6-14(18)10-13)16(20)12-22-8-4-9-23/h3,5-6,10,15-16,18-20,23H,2,4,7-9,11-12H2,1H3. The molecule has 0 radical (unpaired) electrons. The van der Waals surface area contributed by atoms with Crippen LogP contribution < -0.4 is 4.90 Å². The smallest absolute Gasteiger partial charge is 0.152 e. The fourth-order valence-corrected chi connectivity index (χ4v) is 2.17. The van der Waals surface area contributed by atoms with Gasteiger partial charge in [0.15, 0.2) is 12.5 Å². The van der Waals surface area contributed by atoms with Crippen LogP contribution in [0.15, 0.2) is 24.3 Å². The highest BCUT2D eigenvalue weighted by atomic mass is 32.1. The summed E-state index contributed by atoms with van der Waals surface area (Å²) in [5, 5.41) is 30.3. The van der Waals surface area contributed by atoms with Crippen LogP contribution in [0.4, 0.5) is 5.69 Å². The summed E-state index contributed by atoms with van der Waals surface area (Å²) in [4.78, 5) is 1.37. The van der Waals surface area contributed by atoms with E-state index in [0.717, 1.165) is 12.8 Å². The van der Waals surface area contributed by atoms with Gasteiger partial charge in [-0.3, -0.25) is 0 Å². The number of aromatic hydroxyl groups is 1. The van der Waals surface area contributed by atoms with Crippen molar-refractivity contribution in [2.75, 3.05) is 37.1 Å². The highest BCUT2D eigenvalue weighted by Gasteiger charge is 2.24. The maximum absolute atomic E-state index is 10.4. The van der Waals surface area contributed by atoms with Crippen LogP contribution in [0.3, 0.4) is 0 Å². The second kappa shape index (κ2) is 11.5. The van der Waals surface area contributed by atoms with Gasteiger partial charge in [0, 0.05) is 25.0 Å². The molecule has 0 saturated carbocycles. The van der Waals surface area contributed by atoms with E-state index in [1.54, 1.807) is 12.1 Å². The van der Waals surface area contributed by atoms with Crippen LogP contribution in [0.2, 0.25) is 0 Å². The van der Waals surface area contributed by atoms with Crippen LogP contribution in [-0.2, 0) is 9.47 Å². The number of aliphatic hydroxyl groups is 2. The molecule has 0 fully saturated rings. The lowest BCUT2D eigenvalue weighted by Crippen LogP contribution is -2.48. The van der Waals surface area contributed by atoms with Gasteiger partial charge in [-0.15, -0.1) is 0 Å². The number of nitrogens with zero attached hydrogens (tertiary/aromatic N) is 1. The molecule has 1 aromatic carbocycles. The summed E-state index contributed by atoms with van der Waals surface area (Å²) in [6.07, 6.45) is -0.484. The average molecular weight is 345 g/mol. The van der Waals surface area contributed by atoms with Crippen molar-refractivity contribution in [3.63, 3.8) is 0 Å². The Labute approximate surface area is 143 Å². The number of aliphatic hydroxyl groups excluding tert-OH is 2. The first-order valence-electron chi connectivity index (χ1n) is 7.80. The fraction of sp³-hybridized carbons (Fsp3) is 0.625. The van der Waals surface area contributed by atoms with Crippen molar-refractivity contribution >= 4 is 18.3 Å². The van der Waals surface area contributed by atoms with Gasteiger partial charge in [-0.2, -0.15) is 12.6 Å². The molecule has 132 valence electrons. The SMILES string of the molecule is CCCOCC(O)N(c1cccc(O)c1)C(O)COCCCS. The van der Waals surface area contributed by atoms with Gasteiger partial charge in [0.05, 0.1) is 13.2 Å². The minimum Gasteiger partial charge on any atom is -0.508 e. The zero-order valence-corrected chi connectivity index (χ0v) is 14.4. The highest BCUT2D eigenvalue weighted by Crippen LogP contribution is 2.23. The number of phenols is 1. The number of benzene rings is 1. The van der Waals surface area contributed by atoms with Crippen molar-refractivity contribution in [2.24, 2.45) is 0 Å². The number of phenolic OH excluding ortho intramolecular Hbond substituents is 1. The lowest BCUT2D eigenvalue weighted by atomic mass is 10.2. The molecule has 0 aliphatic heterocycles. The summed E-state index contributed by atoms with van der Waals surface area (Å²) in [5.74, 6) is 0.761. The summed E-state index contributed by atoms with van der Waals surface area (Å²) >= 11 is 4.10. The summed E-state index contributed by atoms with van der Waals surface area (Å²) in [5.41, 5.74) is 0.489. The van der Waals surface area contributed by atoms with Crippen molar-refractivity contribution in [1.82, 2.24) is 0 Å². The molecule has 3 N–H and O–H groups in total. The van der Waals surface area contributed by atoms with E-state index in [4.69, 9.17) is 9.47 Å².